The predicted molar refractivity (Wildman–Crippen MR) is 98.9 cm³/mol. The molecule has 0 amide bonds. The van der Waals surface area contributed by atoms with E-state index in [1.54, 1.807) is 11.3 Å². The number of benzene rings is 1. The lowest BCUT2D eigenvalue weighted by atomic mass is 9.89. The predicted octanol–water partition coefficient (Wildman–Crippen LogP) is 3.31. The Morgan fingerprint density at radius 2 is 2.08 bits per heavy atom. The highest BCUT2D eigenvalue weighted by atomic mass is 32.1. The number of nitrogens with one attached hydrogen (secondary N) is 1. The number of likely N-dealkylation sites (tertiary alicyclic amines) is 1. The Morgan fingerprint density at radius 1 is 1.21 bits per heavy atom. The molecule has 24 heavy (non-hydrogen) atoms. The summed E-state index contributed by atoms with van der Waals surface area (Å²) < 4.78 is 0. The van der Waals surface area contributed by atoms with Gasteiger partial charge in [-0.1, -0.05) is 30.3 Å². The molecule has 0 radical (unpaired) electrons. The standard InChI is InChI=1S/C19H22N4S/c20-8-16-10-23(12-18(16)14-4-2-1-3-5-14)11-17-9-21-22-19(17)15-6-7-24-13-15/h1-7,9,13,16,18H,8,10-12,20H2,(H,21,22)/t16-,18+/m1/s1. The van der Waals surface area contributed by atoms with E-state index >= 15 is 0 Å². The molecule has 5 heteroatoms. The van der Waals surface area contributed by atoms with E-state index < -0.39 is 0 Å². The normalized spacial score (nSPS) is 21.4. The van der Waals surface area contributed by atoms with E-state index in [0.717, 1.165) is 31.9 Å². The maximum atomic E-state index is 6.06. The lowest BCUT2D eigenvalue weighted by molar-refractivity contribution is 0.317. The molecule has 124 valence electrons. The maximum absolute atomic E-state index is 6.06. The topological polar surface area (TPSA) is 57.9 Å². The first-order valence-corrected chi connectivity index (χ1v) is 9.31. The van der Waals surface area contributed by atoms with Gasteiger partial charge >= 0.3 is 0 Å². The molecule has 0 spiro atoms. The van der Waals surface area contributed by atoms with Gasteiger partial charge in [0.05, 0.1) is 11.9 Å². The quantitative estimate of drug-likeness (QED) is 0.750. The van der Waals surface area contributed by atoms with Gasteiger partial charge < -0.3 is 5.73 Å². The monoisotopic (exact) mass is 338 g/mol. The summed E-state index contributed by atoms with van der Waals surface area (Å²) in [5, 5.41) is 11.7. The molecule has 3 aromatic rings. The van der Waals surface area contributed by atoms with Crippen LogP contribution in [0.3, 0.4) is 0 Å². The minimum atomic E-state index is 0.517. The minimum Gasteiger partial charge on any atom is -0.330 e. The van der Waals surface area contributed by atoms with Gasteiger partial charge in [-0.25, -0.2) is 0 Å². The van der Waals surface area contributed by atoms with Crippen molar-refractivity contribution in [2.45, 2.75) is 12.5 Å². The van der Waals surface area contributed by atoms with E-state index in [1.165, 1.54) is 16.7 Å². The van der Waals surface area contributed by atoms with Crippen molar-refractivity contribution < 1.29 is 0 Å². The maximum Gasteiger partial charge on any atom is 0.0703 e. The number of aromatic nitrogens is 2. The Kier molecular flexibility index (Phi) is 4.47. The van der Waals surface area contributed by atoms with Crippen molar-refractivity contribution in [3.05, 3.63) is 64.5 Å². The van der Waals surface area contributed by atoms with E-state index in [2.05, 4.69) is 62.3 Å². The van der Waals surface area contributed by atoms with Crippen LogP contribution >= 0.6 is 11.3 Å². The molecule has 2 aromatic heterocycles. The van der Waals surface area contributed by atoms with Crippen molar-refractivity contribution in [1.29, 1.82) is 0 Å². The second kappa shape index (κ2) is 6.89. The van der Waals surface area contributed by atoms with Gasteiger partial charge in [-0.3, -0.25) is 10.00 Å². The van der Waals surface area contributed by atoms with Gasteiger partial charge in [0.1, 0.15) is 0 Å². The van der Waals surface area contributed by atoms with Crippen LogP contribution in [0.15, 0.2) is 53.4 Å². The van der Waals surface area contributed by atoms with Gasteiger partial charge in [-0.2, -0.15) is 16.4 Å². The first-order valence-electron chi connectivity index (χ1n) is 8.37. The fourth-order valence-corrected chi connectivity index (χ4v) is 4.38. The Morgan fingerprint density at radius 3 is 2.83 bits per heavy atom. The van der Waals surface area contributed by atoms with Crippen molar-refractivity contribution >= 4 is 11.3 Å². The third-order valence-electron chi connectivity index (χ3n) is 4.97. The van der Waals surface area contributed by atoms with Crippen LogP contribution in [-0.4, -0.2) is 34.7 Å². The molecule has 4 nitrogen and oxygen atoms in total. The van der Waals surface area contributed by atoms with Gasteiger partial charge in [0.2, 0.25) is 0 Å². The van der Waals surface area contributed by atoms with E-state index in [9.17, 15) is 0 Å². The van der Waals surface area contributed by atoms with E-state index in [1.807, 2.05) is 6.20 Å². The van der Waals surface area contributed by atoms with Crippen LogP contribution in [0.25, 0.3) is 11.3 Å². The summed E-state index contributed by atoms with van der Waals surface area (Å²) in [4.78, 5) is 2.51. The van der Waals surface area contributed by atoms with Gasteiger partial charge in [-0.15, -0.1) is 0 Å². The molecule has 1 aliphatic rings. The summed E-state index contributed by atoms with van der Waals surface area (Å²) in [7, 11) is 0. The van der Waals surface area contributed by atoms with Crippen molar-refractivity contribution in [1.82, 2.24) is 15.1 Å². The highest BCUT2D eigenvalue weighted by Gasteiger charge is 2.33. The van der Waals surface area contributed by atoms with Crippen LogP contribution in [-0.2, 0) is 6.54 Å². The molecule has 3 N–H and O–H groups in total. The zero-order chi connectivity index (χ0) is 16.4. The number of aromatic amines is 1. The van der Waals surface area contributed by atoms with Gasteiger partial charge in [-0.05, 0) is 29.5 Å². The first-order chi connectivity index (χ1) is 11.8. The molecular formula is C19H22N4S. The van der Waals surface area contributed by atoms with Gasteiger partial charge in [0.15, 0.2) is 0 Å². The van der Waals surface area contributed by atoms with Crippen LogP contribution in [0.1, 0.15) is 17.0 Å². The lowest BCUT2D eigenvalue weighted by Crippen LogP contribution is -2.23. The van der Waals surface area contributed by atoms with Crippen molar-refractivity contribution in [2.24, 2.45) is 11.7 Å². The largest absolute Gasteiger partial charge is 0.330 e. The summed E-state index contributed by atoms with van der Waals surface area (Å²) in [6.45, 7) is 3.75. The van der Waals surface area contributed by atoms with Crippen molar-refractivity contribution in [3.8, 4) is 11.3 Å². The van der Waals surface area contributed by atoms with Crippen molar-refractivity contribution in [2.75, 3.05) is 19.6 Å². The van der Waals surface area contributed by atoms with Gasteiger partial charge in [0.25, 0.3) is 0 Å². The zero-order valence-electron chi connectivity index (χ0n) is 13.6. The van der Waals surface area contributed by atoms with Crippen LogP contribution in [0, 0.1) is 5.92 Å². The summed E-state index contributed by atoms with van der Waals surface area (Å²) in [6, 6.07) is 12.9. The van der Waals surface area contributed by atoms with E-state index in [-0.39, 0.29) is 0 Å². The van der Waals surface area contributed by atoms with E-state index in [4.69, 9.17) is 5.73 Å². The van der Waals surface area contributed by atoms with Crippen LogP contribution < -0.4 is 5.73 Å². The third-order valence-corrected chi connectivity index (χ3v) is 5.65. The Bertz CT molecular complexity index is 766. The number of hydrogen-bond donors (Lipinski definition) is 2. The van der Waals surface area contributed by atoms with Gasteiger partial charge in [0, 0.05) is 42.1 Å². The second-order valence-corrected chi connectivity index (χ2v) is 7.27. The molecule has 3 heterocycles. The lowest BCUT2D eigenvalue weighted by Gasteiger charge is -2.16. The number of rotatable bonds is 5. The SMILES string of the molecule is NC[C@@H]1CN(Cc2cn[nH]c2-c2ccsc2)C[C@H]1c1ccccc1. The highest BCUT2D eigenvalue weighted by molar-refractivity contribution is 7.08. The number of nitrogens with zero attached hydrogens (tertiary/aromatic N) is 2. The smallest absolute Gasteiger partial charge is 0.0703 e. The molecule has 1 saturated heterocycles. The summed E-state index contributed by atoms with van der Waals surface area (Å²) in [6.07, 6.45) is 1.96. The molecule has 0 bridgehead atoms. The minimum absolute atomic E-state index is 0.517. The molecule has 2 atom stereocenters. The summed E-state index contributed by atoms with van der Waals surface area (Å²) in [5.74, 6) is 1.04. The van der Waals surface area contributed by atoms with E-state index in [0.29, 0.717) is 11.8 Å². The molecule has 0 unspecified atom stereocenters. The fourth-order valence-electron chi connectivity index (χ4n) is 3.73. The Hall–Kier alpha value is -1.95. The van der Waals surface area contributed by atoms with Crippen LogP contribution in [0.5, 0.6) is 0 Å². The molecule has 1 aromatic carbocycles. The fraction of sp³-hybridized carbons (Fsp3) is 0.316. The zero-order valence-corrected chi connectivity index (χ0v) is 14.4. The van der Waals surface area contributed by atoms with Crippen LogP contribution in [0.2, 0.25) is 0 Å². The summed E-state index contributed by atoms with van der Waals surface area (Å²) in [5.41, 5.74) is 11.1. The molecule has 0 aliphatic carbocycles. The molecule has 0 saturated carbocycles. The second-order valence-electron chi connectivity index (χ2n) is 6.49. The number of thiophene rings is 1. The molecule has 1 fully saturated rings. The first kappa shape index (κ1) is 15.6. The third kappa shape index (κ3) is 3.02. The molecular weight excluding hydrogens is 316 g/mol. The Labute approximate surface area is 146 Å². The number of nitrogens with two attached hydrogens (primary N) is 1. The average Bonchev–Trinajstić information content (AvgIpc) is 3.36. The molecule has 4 rings (SSSR count). The van der Waals surface area contributed by atoms with Crippen LogP contribution in [0.4, 0.5) is 0 Å². The Balaban J connectivity index is 1.52. The molecule has 1 aliphatic heterocycles. The average molecular weight is 338 g/mol. The summed E-state index contributed by atoms with van der Waals surface area (Å²) >= 11 is 1.71. The highest BCUT2D eigenvalue weighted by Crippen LogP contribution is 2.34. The van der Waals surface area contributed by atoms with Crippen molar-refractivity contribution in [3.63, 3.8) is 0 Å². The number of H-pyrrole nitrogens is 1. The number of hydrogen-bond acceptors (Lipinski definition) is 4.